The van der Waals surface area contributed by atoms with E-state index in [1.807, 2.05) is 48.5 Å². The first kappa shape index (κ1) is 40.8. The number of carbonyl (C=O) groups is 6. The zero-order valence-electron chi connectivity index (χ0n) is 33.2. The van der Waals surface area contributed by atoms with Crippen LogP contribution in [0.3, 0.4) is 0 Å². The smallest absolute Gasteiger partial charge is 0.407 e. The van der Waals surface area contributed by atoms with Crippen LogP contribution in [0.2, 0.25) is 0 Å². The van der Waals surface area contributed by atoms with Gasteiger partial charge in [0.1, 0.15) is 37.7 Å². The van der Waals surface area contributed by atoms with Gasteiger partial charge in [-0.15, -0.1) is 0 Å². The predicted octanol–water partition coefficient (Wildman–Crippen LogP) is 3.64. The predicted molar refractivity (Wildman–Crippen MR) is 207 cm³/mol. The standard InChI is InChI=1S/C41H45N7O11/c1-21(2)32(45-41(54)56-17-29-27-13-8-6-11-25(27)26-12-7-9-14-28(26)29)39(53)47-16-10-15-30(47)38(52)46-36-33-37(43-19-42-36)48(20-44-33)40-35(58-24(5)51)34(57-23(4)50)31(59-40)18-55-22(3)49/h6-9,11-14,19-21,29-32,34-35,40H,10,15-18H2,1-5H3,(H,45,54)(H,42,43,46,52)/t30-,31+,32-,34+,35-,40+/m0/s1. The lowest BCUT2D eigenvalue weighted by atomic mass is 9.98. The van der Waals surface area contributed by atoms with Gasteiger partial charge in [-0.2, -0.15) is 0 Å². The zero-order chi connectivity index (χ0) is 42.0. The summed E-state index contributed by atoms with van der Waals surface area (Å²) < 4.78 is 29.4. The van der Waals surface area contributed by atoms with E-state index >= 15 is 0 Å². The highest BCUT2D eigenvalue weighted by Crippen LogP contribution is 2.44. The minimum atomic E-state index is -1.20. The Bertz CT molecular complexity index is 2230. The number of benzene rings is 2. The molecule has 4 aromatic rings. The van der Waals surface area contributed by atoms with Crippen molar-refractivity contribution < 1.29 is 52.5 Å². The first-order valence-corrected chi connectivity index (χ1v) is 19.4. The van der Waals surface area contributed by atoms with E-state index in [-0.39, 0.29) is 48.6 Å². The number of hydrogen-bond donors (Lipinski definition) is 2. The van der Waals surface area contributed by atoms with Crippen LogP contribution in [0.5, 0.6) is 0 Å². The molecule has 7 rings (SSSR count). The lowest BCUT2D eigenvalue weighted by Crippen LogP contribution is -2.54. The number of nitrogens with one attached hydrogen (secondary N) is 2. The second-order valence-electron chi connectivity index (χ2n) is 14.9. The van der Waals surface area contributed by atoms with Crippen LogP contribution in [-0.2, 0) is 47.7 Å². The number of fused-ring (bicyclic) bond motifs is 4. The minimum Gasteiger partial charge on any atom is -0.463 e. The fourth-order valence-corrected chi connectivity index (χ4v) is 8.01. The number of esters is 3. The summed E-state index contributed by atoms with van der Waals surface area (Å²) in [6.45, 7) is 7.24. The number of anilines is 1. The fourth-order valence-electron chi connectivity index (χ4n) is 8.01. The van der Waals surface area contributed by atoms with E-state index < -0.39 is 72.4 Å². The van der Waals surface area contributed by atoms with Crippen LogP contribution in [0.15, 0.2) is 61.2 Å². The first-order valence-electron chi connectivity index (χ1n) is 19.4. The van der Waals surface area contributed by atoms with Gasteiger partial charge in [0.25, 0.3) is 0 Å². The summed E-state index contributed by atoms with van der Waals surface area (Å²) in [6, 6.07) is 14.1. The number of aromatic nitrogens is 4. The van der Waals surface area contributed by atoms with Crippen molar-refractivity contribution in [1.29, 1.82) is 0 Å². The molecule has 2 N–H and O–H groups in total. The molecule has 0 radical (unpaired) electrons. The molecule has 0 spiro atoms. The Kier molecular flexibility index (Phi) is 11.9. The molecule has 2 aromatic heterocycles. The molecule has 3 aliphatic rings. The molecule has 59 heavy (non-hydrogen) atoms. The average Bonchev–Trinajstić information content (AvgIpc) is 3.99. The number of ether oxygens (including phenoxy) is 5. The summed E-state index contributed by atoms with van der Waals surface area (Å²) in [6.07, 6.45) is -1.83. The van der Waals surface area contributed by atoms with Crippen LogP contribution < -0.4 is 10.6 Å². The van der Waals surface area contributed by atoms with Crippen LogP contribution in [0.25, 0.3) is 22.3 Å². The van der Waals surface area contributed by atoms with Crippen molar-refractivity contribution in [3.05, 3.63) is 72.3 Å². The van der Waals surface area contributed by atoms with Crippen LogP contribution in [-0.4, -0.2) is 110 Å². The lowest BCUT2D eigenvalue weighted by molar-refractivity contribution is -0.166. The van der Waals surface area contributed by atoms with Crippen molar-refractivity contribution >= 4 is 52.8 Å². The number of alkyl carbamates (subject to hydrolysis) is 1. The molecule has 0 bridgehead atoms. The van der Waals surface area contributed by atoms with E-state index in [0.29, 0.717) is 12.8 Å². The zero-order valence-corrected chi connectivity index (χ0v) is 33.2. The number of rotatable bonds is 12. The number of imidazole rings is 1. The van der Waals surface area contributed by atoms with Crippen molar-refractivity contribution in [2.45, 2.75) is 90.0 Å². The van der Waals surface area contributed by atoms with Gasteiger partial charge in [-0.05, 0) is 41.0 Å². The Morgan fingerprint density at radius 2 is 1.49 bits per heavy atom. The quantitative estimate of drug-likeness (QED) is 0.154. The van der Waals surface area contributed by atoms with E-state index in [0.717, 1.165) is 22.3 Å². The Labute approximate surface area is 338 Å². The summed E-state index contributed by atoms with van der Waals surface area (Å²) in [5, 5.41) is 5.55. The van der Waals surface area contributed by atoms with Gasteiger partial charge in [-0.3, -0.25) is 28.5 Å². The van der Waals surface area contributed by atoms with Gasteiger partial charge in [0.2, 0.25) is 11.8 Å². The van der Waals surface area contributed by atoms with Gasteiger partial charge in [0.15, 0.2) is 35.4 Å². The Morgan fingerprint density at radius 3 is 2.14 bits per heavy atom. The van der Waals surface area contributed by atoms with Gasteiger partial charge in [0.05, 0.1) is 6.33 Å². The molecule has 0 saturated carbocycles. The van der Waals surface area contributed by atoms with Gasteiger partial charge in [-0.25, -0.2) is 19.7 Å². The van der Waals surface area contributed by atoms with Crippen LogP contribution >= 0.6 is 0 Å². The van der Waals surface area contributed by atoms with Gasteiger partial charge in [0, 0.05) is 33.2 Å². The maximum absolute atomic E-state index is 14.1. The average molecular weight is 812 g/mol. The first-order chi connectivity index (χ1) is 28.3. The van der Waals surface area contributed by atoms with E-state index in [2.05, 4.69) is 25.6 Å². The van der Waals surface area contributed by atoms with E-state index in [1.54, 1.807) is 13.8 Å². The highest BCUT2D eigenvalue weighted by molar-refractivity contribution is 6.01. The van der Waals surface area contributed by atoms with Gasteiger partial charge in [-0.1, -0.05) is 62.4 Å². The molecule has 2 saturated heterocycles. The normalized spacial score (nSPS) is 21.4. The Hall–Kier alpha value is -6.43. The van der Waals surface area contributed by atoms with Gasteiger partial charge < -0.3 is 39.2 Å². The number of carbonyl (C=O) groups excluding carboxylic acids is 6. The molecule has 3 amide bonds. The number of likely N-dealkylation sites (tertiary alicyclic amines) is 1. The third-order valence-corrected chi connectivity index (χ3v) is 10.6. The second-order valence-corrected chi connectivity index (χ2v) is 14.9. The van der Waals surface area contributed by atoms with E-state index in [9.17, 15) is 28.8 Å². The van der Waals surface area contributed by atoms with Gasteiger partial charge >= 0.3 is 24.0 Å². The van der Waals surface area contributed by atoms with Crippen LogP contribution in [0.1, 0.15) is 70.7 Å². The molecular weight excluding hydrogens is 766 g/mol. The Balaban J connectivity index is 1.04. The second kappa shape index (κ2) is 17.2. The third kappa shape index (κ3) is 8.43. The fraction of sp³-hybridized carbons (Fsp3) is 0.439. The molecule has 310 valence electrons. The van der Waals surface area contributed by atoms with Crippen LogP contribution in [0, 0.1) is 5.92 Å². The molecule has 2 aromatic carbocycles. The summed E-state index contributed by atoms with van der Waals surface area (Å²) in [7, 11) is 0. The number of hydrogen-bond acceptors (Lipinski definition) is 14. The van der Waals surface area contributed by atoms with Crippen molar-refractivity contribution in [1.82, 2.24) is 29.7 Å². The number of nitrogens with zero attached hydrogens (tertiary/aromatic N) is 5. The third-order valence-electron chi connectivity index (χ3n) is 10.6. The Morgan fingerprint density at radius 1 is 0.831 bits per heavy atom. The molecule has 18 heteroatoms. The number of amides is 3. The summed E-state index contributed by atoms with van der Waals surface area (Å²) >= 11 is 0. The molecule has 0 unspecified atom stereocenters. The molecule has 2 fully saturated rings. The molecule has 2 aliphatic heterocycles. The lowest BCUT2D eigenvalue weighted by Gasteiger charge is -2.30. The van der Waals surface area contributed by atoms with E-state index in [1.165, 1.54) is 42.9 Å². The highest BCUT2D eigenvalue weighted by Gasteiger charge is 2.51. The molecular formula is C41H45N7O11. The van der Waals surface area contributed by atoms with E-state index in [4.69, 9.17) is 23.7 Å². The SMILES string of the molecule is CC(=O)OC[C@H]1O[C@@H](n2cnc3c(NC(=O)[C@@H]4CCCN4C(=O)[C@@H](NC(=O)OCC4c5ccccc5-c5ccccc54)C(C)C)ncnc32)[C@@H](OC(C)=O)[C@@H]1OC(C)=O. The highest BCUT2D eigenvalue weighted by atomic mass is 16.7. The molecule has 4 heterocycles. The van der Waals surface area contributed by atoms with Crippen molar-refractivity contribution in [2.75, 3.05) is 25.1 Å². The summed E-state index contributed by atoms with van der Waals surface area (Å²) in [5.74, 6) is -3.38. The monoisotopic (exact) mass is 811 g/mol. The largest absolute Gasteiger partial charge is 0.463 e. The van der Waals surface area contributed by atoms with Crippen molar-refractivity contribution in [2.24, 2.45) is 5.92 Å². The summed E-state index contributed by atoms with van der Waals surface area (Å²) in [5.41, 5.74) is 4.63. The molecule has 1 aliphatic carbocycles. The van der Waals surface area contributed by atoms with Crippen molar-refractivity contribution in [3.63, 3.8) is 0 Å². The van der Waals surface area contributed by atoms with Crippen molar-refractivity contribution in [3.8, 4) is 11.1 Å². The maximum Gasteiger partial charge on any atom is 0.407 e. The summed E-state index contributed by atoms with van der Waals surface area (Å²) in [4.78, 5) is 91.5. The topological polar surface area (TPSA) is 219 Å². The van der Waals surface area contributed by atoms with Crippen LogP contribution in [0.4, 0.5) is 10.6 Å². The molecule has 6 atom stereocenters. The maximum atomic E-state index is 14.1. The molecule has 18 nitrogen and oxygen atoms in total. The minimum absolute atomic E-state index is 0.0326.